The Balaban J connectivity index is 1.63. The van der Waals surface area contributed by atoms with Gasteiger partial charge in [-0.15, -0.1) is 0 Å². The highest BCUT2D eigenvalue weighted by Gasteiger charge is 2.25. The molecule has 3 aromatic rings. The number of likely N-dealkylation sites (tertiary alicyclic amines) is 1. The van der Waals surface area contributed by atoms with E-state index in [4.69, 9.17) is 5.73 Å². The second-order valence-electron chi connectivity index (χ2n) is 6.60. The minimum atomic E-state index is -0.164. The van der Waals surface area contributed by atoms with Gasteiger partial charge in [0.15, 0.2) is 0 Å². The fraction of sp³-hybridized carbons (Fsp3) is 0.444. The molecule has 0 saturated carbocycles. The molecule has 0 amide bonds. The van der Waals surface area contributed by atoms with Gasteiger partial charge in [0, 0.05) is 35.6 Å². The average molecular weight is 325 g/mol. The molecule has 0 bridgehead atoms. The van der Waals surface area contributed by atoms with E-state index in [0.29, 0.717) is 5.65 Å². The lowest BCUT2D eigenvalue weighted by Gasteiger charge is -2.16. The second kappa shape index (κ2) is 6.37. The Hall–Kier alpha value is -2.18. The molecule has 0 spiro atoms. The highest BCUT2D eigenvalue weighted by atomic mass is 16.1. The molecule has 1 atom stereocenters. The van der Waals surface area contributed by atoms with E-state index >= 15 is 0 Å². The van der Waals surface area contributed by atoms with E-state index in [-0.39, 0.29) is 11.7 Å². The maximum Gasteiger partial charge on any atom is 0.349 e. The number of nitrogens with zero attached hydrogens (tertiary/aromatic N) is 3. The van der Waals surface area contributed by atoms with Gasteiger partial charge in [0.25, 0.3) is 0 Å². The molecule has 24 heavy (non-hydrogen) atoms. The van der Waals surface area contributed by atoms with E-state index in [1.165, 1.54) is 0 Å². The van der Waals surface area contributed by atoms with Crippen LogP contribution in [0.1, 0.15) is 25.3 Å². The van der Waals surface area contributed by atoms with Crippen molar-refractivity contribution < 1.29 is 0 Å². The Kier molecular flexibility index (Phi) is 4.08. The van der Waals surface area contributed by atoms with Crippen LogP contribution in [0, 0.1) is 0 Å². The summed E-state index contributed by atoms with van der Waals surface area (Å²) >= 11 is 0. The van der Waals surface area contributed by atoms with Crippen molar-refractivity contribution in [2.45, 2.75) is 25.3 Å². The van der Waals surface area contributed by atoms with Gasteiger partial charge >= 0.3 is 5.69 Å². The molecule has 1 aliphatic heterocycles. The Labute approximate surface area is 140 Å². The van der Waals surface area contributed by atoms with Gasteiger partial charge < -0.3 is 15.6 Å². The lowest BCUT2D eigenvalue weighted by atomic mass is 10.2. The first-order chi connectivity index (χ1) is 11.8. The zero-order chi connectivity index (χ0) is 16.5. The number of aromatic nitrogens is 3. The fourth-order valence-electron chi connectivity index (χ4n) is 3.70. The summed E-state index contributed by atoms with van der Waals surface area (Å²) in [7, 11) is 0. The van der Waals surface area contributed by atoms with Crippen LogP contribution >= 0.6 is 0 Å². The summed E-state index contributed by atoms with van der Waals surface area (Å²) in [6, 6.07) is 8.29. The van der Waals surface area contributed by atoms with Crippen molar-refractivity contribution in [3.8, 4) is 0 Å². The molecule has 0 unspecified atom stereocenters. The number of nitrogens with one attached hydrogen (secondary N) is 1. The largest absolute Gasteiger partial charge is 0.349 e. The Morgan fingerprint density at radius 1 is 1.25 bits per heavy atom. The Morgan fingerprint density at radius 2 is 2.12 bits per heavy atom. The van der Waals surface area contributed by atoms with Gasteiger partial charge in [-0.05, 0) is 38.4 Å². The van der Waals surface area contributed by atoms with Gasteiger partial charge in [0.05, 0.1) is 6.04 Å². The van der Waals surface area contributed by atoms with Gasteiger partial charge in [-0.25, -0.2) is 4.79 Å². The van der Waals surface area contributed by atoms with Crippen LogP contribution in [0.4, 0.5) is 0 Å². The van der Waals surface area contributed by atoms with E-state index in [9.17, 15) is 4.79 Å². The maximum absolute atomic E-state index is 12.5. The number of fused-ring (bicyclic) bond motifs is 3. The predicted molar refractivity (Wildman–Crippen MR) is 96.2 cm³/mol. The first kappa shape index (κ1) is 15.4. The van der Waals surface area contributed by atoms with Crippen LogP contribution in [0.5, 0.6) is 0 Å². The van der Waals surface area contributed by atoms with Crippen molar-refractivity contribution in [3.63, 3.8) is 0 Å². The highest BCUT2D eigenvalue weighted by Crippen LogP contribution is 2.25. The molecular weight excluding hydrogens is 302 g/mol. The fourth-order valence-corrected chi connectivity index (χ4v) is 3.70. The number of unbranched alkanes of at least 4 members (excludes halogenated alkanes) is 1. The molecule has 1 aromatic carbocycles. The lowest BCUT2D eigenvalue weighted by Crippen LogP contribution is -2.29. The average Bonchev–Trinajstić information content (AvgIpc) is 3.18. The first-order valence-corrected chi connectivity index (χ1v) is 8.68. The standard InChI is InChI=1S/C18H23N5O/c19-8-3-4-9-22-10-7-13(11-22)23-12-15-14-5-1-2-6-16(14)20-17(15)21-18(23)24/h1-2,5-6,12-13H,3-4,7-11,19H2,(H,20,21,24)/t13-/m1/s1. The van der Waals surface area contributed by atoms with Gasteiger partial charge in [0.1, 0.15) is 5.65 Å². The quantitative estimate of drug-likeness (QED) is 0.702. The monoisotopic (exact) mass is 325 g/mol. The molecule has 1 saturated heterocycles. The van der Waals surface area contributed by atoms with Gasteiger partial charge in [-0.2, -0.15) is 4.98 Å². The molecule has 6 nitrogen and oxygen atoms in total. The minimum absolute atomic E-state index is 0.164. The number of hydrogen-bond acceptors (Lipinski definition) is 4. The van der Waals surface area contributed by atoms with Crippen LogP contribution in [-0.4, -0.2) is 45.6 Å². The minimum Gasteiger partial charge on any atom is -0.339 e. The zero-order valence-corrected chi connectivity index (χ0v) is 13.7. The maximum atomic E-state index is 12.5. The molecule has 4 rings (SSSR count). The van der Waals surface area contributed by atoms with Crippen LogP contribution in [0.3, 0.4) is 0 Å². The molecule has 1 fully saturated rings. The number of rotatable bonds is 5. The number of nitrogens with two attached hydrogens (primary N) is 1. The summed E-state index contributed by atoms with van der Waals surface area (Å²) in [6.45, 7) is 3.76. The van der Waals surface area contributed by atoms with Crippen LogP contribution < -0.4 is 11.4 Å². The summed E-state index contributed by atoms with van der Waals surface area (Å²) in [5, 5.41) is 2.14. The summed E-state index contributed by atoms with van der Waals surface area (Å²) in [5.74, 6) is 0. The third-order valence-electron chi connectivity index (χ3n) is 4.99. The van der Waals surface area contributed by atoms with Crippen molar-refractivity contribution in [3.05, 3.63) is 40.9 Å². The molecule has 3 N–H and O–H groups in total. The van der Waals surface area contributed by atoms with Crippen LogP contribution in [0.25, 0.3) is 21.9 Å². The van der Waals surface area contributed by atoms with E-state index in [0.717, 1.165) is 61.7 Å². The SMILES string of the molecule is NCCCCN1CC[C@@H](n2cc3c(nc2=O)[nH]c2ccccc23)C1. The van der Waals surface area contributed by atoms with Crippen molar-refractivity contribution in [2.24, 2.45) is 5.73 Å². The molecule has 0 radical (unpaired) electrons. The Bertz CT molecular complexity index is 913. The number of H-pyrrole nitrogens is 1. The number of aromatic amines is 1. The molecule has 3 heterocycles. The molecular formula is C18H23N5O. The summed E-state index contributed by atoms with van der Waals surface area (Å²) in [5.41, 5.74) is 7.10. The Morgan fingerprint density at radius 3 is 3.00 bits per heavy atom. The third-order valence-corrected chi connectivity index (χ3v) is 4.99. The van der Waals surface area contributed by atoms with Crippen molar-refractivity contribution in [1.29, 1.82) is 0 Å². The predicted octanol–water partition coefficient (Wildman–Crippen LogP) is 1.86. The van der Waals surface area contributed by atoms with Crippen molar-refractivity contribution in [1.82, 2.24) is 19.4 Å². The van der Waals surface area contributed by atoms with Crippen LogP contribution in [0.15, 0.2) is 35.3 Å². The van der Waals surface area contributed by atoms with Crippen LogP contribution in [0.2, 0.25) is 0 Å². The smallest absolute Gasteiger partial charge is 0.339 e. The van der Waals surface area contributed by atoms with Gasteiger partial charge in [0.2, 0.25) is 0 Å². The van der Waals surface area contributed by atoms with Crippen molar-refractivity contribution in [2.75, 3.05) is 26.2 Å². The lowest BCUT2D eigenvalue weighted by molar-refractivity contribution is 0.315. The number of para-hydroxylation sites is 1. The first-order valence-electron chi connectivity index (χ1n) is 8.68. The molecule has 1 aliphatic rings. The van der Waals surface area contributed by atoms with Gasteiger partial charge in [-0.3, -0.25) is 4.57 Å². The summed E-state index contributed by atoms with van der Waals surface area (Å²) in [6.07, 6.45) is 5.16. The molecule has 2 aromatic heterocycles. The summed E-state index contributed by atoms with van der Waals surface area (Å²) < 4.78 is 1.82. The van der Waals surface area contributed by atoms with E-state index < -0.39 is 0 Å². The van der Waals surface area contributed by atoms with Crippen LogP contribution in [-0.2, 0) is 0 Å². The zero-order valence-electron chi connectivity index (χ0n) is 13.7. The second-order valence-corrected chi connectivity index (χ2v) is 6.60. The van der Waals surface area contributed by atoms with Gasteiger partial charge in [-0.1, -0.05) is 18.2 Å². The normalized spacial score (nSPS) is 18.8. The number of hydrogen-bond donors (Lipinski definition) is 2. The van der Waals surface area contributed by atoms with Crippen molar-refractivity contribution >= 4 is 21.9 Å². The topological polar surface area (TPSA) is 79.9 Å². The van der Waals surface area contributed by atoms with E-state index in [1.807, 2.05) is 29.0 Å². The third kappa shape index (κ3) is 2.72. The molecule has 6 heteroatoms. The van der Waals surface area contributed by atoms with E-state index in [2.05, 4.69) is 20.9 Å². The summed E-state index contributed by atoms with van der Waals surface area (Å²) in [4.78, 5) is 22.4. The van der Waals surface area contributed by atoms with E-state index in [1.54, 1.807) is 0 Å². The number of benzene rings is 1. The molecule has 0 aliphatic carbocycles. The highest BCUT2D eigenvalue weighted by molar-refractivity contribution is 6.05. The molecule has 126 valence electrons.